The number of imidazole rings is 1. The van der Waals surface area contributed by atoms with Crippen LogP contribution in [0.5, 0.6) is 5.88 Å². The van der Waals surface area contributed by atoms with Crippen LogP contribution in [0.15, 0.2) is 41.2 Å². The van der Waals surface area contributed by atoms with Gasteiger partial charge in [0.15, 0.2) is 6.10 Å². The average Bonchev–Trinajstić information content (AvgIpc) is 3.50. The van der Waals surface area contributed by atoms with E-state index in [2.05, 4.69) is 25.9 Å². The fourth-order valence-electron chi connectivity index (χ4n) is 3.43. The topological polar surface area (TPSA) is 91.8 Å². The summed E-state index contributed by atoms with van der Waals surface area (Å²) in [4.78, 5) is 18.5. The number of amides is 1. The summed E-state index contributed by atoms with van der Waals surface area (Å²) < 4.78 is 38.4. The van der Waals surface area contributed by atoms with Crippen LogP contribution in [0.2, 0.25) is 13.1 Å². The minimum absolute atomic E-state index is 0.113. The molecule has 1 radical (unpaired) electrons. The van der Waals surface area contributed by atoms with Crippen LogP contribution in [0.3, 0.4) is 0 Å². The van der Waals surface area contributed by atoms with E-state index in [4.69, 9.17) is 23.4 Å². The summed E-state index contributed by atoms with van der Waals surface area (Å²) in [5, 5.41) is 3.65. The fraction of sp³-hybridized carbons (Fsp3) is 0.435. The van der Waals surface area contributed by atoms with Crippen molar-refractivity contribution in [3.63, 3.8) is 0 Å². The highest BCUT2D eigenvalue weighted by Gasteiger charge is 2.33. The highest BCUT2D eigenvalue weighted by Crippen LogP contribution is 2.29. The van der Waals surface area contributed by atoms with Crippen molar-refractivity contribution in [1.82, 2.24) is 14.7 Å². The number of ether oxygens (including phenoxy) is 2. The van der Waals surface area contributed by atoms with Crippen LogP contribution in [-0.2, 0) is 21.2 Å². The molecular formula is C23H28FN4O5Si. The molecule has 0 spiro atoms. The monoisotopic (exact) mass is 487 g/mol. The summed E-state index contributed by atoms with van der Waals surface area (Å²) in [7, 11) is -0.938. The third-order valence-corrected chi connectivity index (χ3v) is 5.97. The summed E-state index contributed by atoms with van der Waals surface area (Å²) in [5.74, 6) is 0.456. The van der Waals surface area contributed by atoms with Gasteiger partial charge >= 0.3 is 6.09 Å². The van der Waals surface area contributed by atoms with Crippen LogP contribution in [0.25, 0.3) is 5.69 Å². The summed E-state index contributed by atoms with van der Waals surface area (Å²) in [6, 6.07) is 6.22. The Balaban J connectivity index is 1.54. The second-order valence-electron chi connectivity index (χ2n) is 9.26. The van der Waals surface area contributed by atoms with Crippen molar-refractivity contribution in [2.24, 2.45) is 0 Å². The molecule has 4 rings (SSSR count). The third kappa shape index (κ3) is 5.31. The number of hydrogen-bond donors (Lipinski definition) is 0. The molecule has 181 valence electrons. The number of hydrogen-bond acceptors (Lipinski definition) is 7. The molecule has 1 amide bonds. The van der Waals surface area contributed by atoms with Crippen molar-refractivity contribution in [3.8, 4) is 11.6 Å². The Morgan fingerprint density at radius 3 is 2.71 bits per heavy atom. The van der Waals surface area contributed by atoms with E-state index in [0.29, 0.717) is 29.7 Å². The minimum Gasteiger partial charge on any atom is -0.471 e. The van der Waals surface area contributed by atoms with Crippen molar-refractivity contribution in [2.45, 2.75) is 52.0 Å². The molecule has 9 nitrogen and oxygen atoms in total. The summed E-state index contributed by atoms with van der Waals surface area (Å²) in [6.45, 7) is 10.9. The molecule has 1 saturated heterocycles. The van der Waals surface area contributed by atoms with Gasteiger partial charge in [-0.05, 0) is 36.4 Å². The molecule has 11 heteroatoms. The molecule has 0 N–H and O–H groups in total. The largest absolute Gasteiger partial charge is 0.471 e. The molecule has 2 aromatic heterocycles. The van der Waals surface area contributed by atoms with Crippen molar-refractivity contribution in [1.29, 1.82) is 0 Å². The first-order valence-electron chi connectivity index (χ1n) is 10.9. The lowest BCUT2D eigenvalue weighted by Crippen LogP contribution is -2.26. The first-order valence-corrected chi connectivity index (χ1v) is 13.4. The van der Waals surface area contributed by atoms with Gasteiger partial charge in [0, 0.05) is 17.7 Å². The van der Waals surface area contributed by atoms with Gasteiger partial charge in [-0.1, -0.05) is 20.8 Å². The van der Waals surface area contributed by atoms with Gasteiger partial charge < -0.3 is 18.4 Å². The molecule has 34 heavy (non-hydrogen) atoms. The first kappa shape index (κ1) is 24.0. The lowest BCUT2D eigenvalue weighted by atomic mass is 9.93. The van der Waals surface area contributed by atoms with E-state index < -0.39 is 27.1 Å². The molecule has 3 heterocycles. The van der Waals surface area contributed by atoms with Gasteiger partial charge in [-0.25, -0.2) is 14.2 Å². The third-order valence-electron chi connectivity index (χ3n) is 5.25. The second-order valence-corrected chi connectivity index (χ2v) is 11.4. The normalized spacial score (nSPS) is 16.4. The average molecular weight is 488 g/mol. The standard InChI is InChI=1S/C23H28FN4O5Si/c1-23(2,3)19-12-28(20(25-19)14-32-34(4)5)18-7-6-15(10-17(18)24)27-11-16(33-22(27)29)13-30-21-8-9-31-26-21/h6-10,12,16H,11,13-14H2,1-5H3/t16-/m0/s1. The number of rotatable bonds is 8. The van der Waals surface area contributed by atoms with E-state index >= 15 is 4.39 Å². The molecule has 1 fully saturated rings. The zero-order valence-corrected chi connectivity index (χ0v) is 20.9. The minimum atomic E-state index is -0.938. The second kappa shape index (κ2) is 9.59. The van der Waals surface area contributed by atoms with Gasteiger partial charge in [-0.2, -0.15) is 0 Å². The number of benzene rings is 1. The lowest BCUT2D eigenvalue weighted by Gasteiger charge is -2.16. The van der Waals surface area contributed by atoms with Gasteiger partial charge in [0.2, 0.25) is 9.04 Å². The first-order chi connectivity index (χ1) is 16.1. The highest BCUT2D eigenvalue weighted by atomic mass is 28.3. The zero-order valence-electron chi connectivity index (χ0n) is 19.9. The fourth-order valence-corrected chi connectivity index (χ4v) is 3.85. The molecule has 1 aliphatic heterocycles. The van der Waals surface area contributed by atoms with E-state index in [9.17, 15) is 4.79 Å². The van der Waals surface area contributed by atoms with Crippen LogP contribution < -0.4 is 9.64 Å². The number of carbonyl (C=O) groups is 1. The van der Waals surface area contributed by atoms with Gasteiger partial charge in [0.1, 0.15) is 24.5 Å². The molecule has 1 aromatic carbocycles. The Bertz CT molecular complexity index is 1140. The lowest BCUT2D eigenvalue weighted by molar-refractivity contribution is 0.102. The Kier molecular flexibility index (Phi) is 6.76. The quantitative estimate of drug-likeness (QED) is 0.433. The maximum absolute atomic E-state index is 15.3. The number of anilines is 1. The number of halogens is 1. The maximum Gasteiger partial charge on any atom is 0.414 e. The zero-order chi connectivity index (χ0) is 24.5. The van der Waals surface area contributed by atoms with Crippen LogP contribution >= 0.6 is 0 Å². The Morgan fingerprint density at radius 2 is 2.06 bits per heavy atom. The smallest absolute Gasteiger partial charge is 0.414 e. The Hall–Kier alpha value is -3.18. The van der Waals surface area contributed by atoms with E-state index in [1.54, 1.807) is 22.8 Å². The molecule has 0 unspecified atom stereocenters. The SMILES string of the molecule is C[Si](C)OCc1nc(C(C)(C)C)cn1-c1ccc(N2C[C@@H](COc3ccon3)OC2=O)cc1F. The van der Waals surface area contributed by atoms with Crippen LogP contribution in [0.1, 0.15) is 32.3 Å². The van der Waals surface area contributed by atoms with E-state index in [1.165, 1.54) is 17.2 Å². The van der Waals surface area contributed by atoms with Gasteiger partial charge in [0.05, 0.1) is 30.2 Å². The maximum atomic E-state index is 15.3. The molecule has 3 aromatic rings. The highest BCUT2D eigenvalue weighted by molar-refractivity contribution is 6.48. The molecule has 1 aliphatic rings. The number of nitrogens with zero attached hydrogens (tertiary/aromatic N) is 4. The van der Waals surface area contributed by atoms with Crippen molar-refractivity contribution < 1.29 is 27.6 Å². The van der Waals surface area contributed by atoms with Crippen LogP contribution in [-0.4, -0.2) is 49.1 Å². The number of cyclic esters (lactones) is 1. The molecule has 0 aliphatic carbocycles. The van der Waals surface area contributed by atoms with Gasteiger partial charge in [-0.3, -0.25) is 9.47 Å². The van der Waals surface area contributed by atoms with Gasteiger partial charge in [-0.15, -0.1) is 0 Å². The summed E-state index contributed by atoms with van der Waals surface area (Å²) in [6.07, 6.45) is 2.15. The van der Waals surface area contributed by atoms with E-state index in [0.717, 1.165) is 5.69 Å². The summed E-state index contributed by atoms with van der Waals surface area (Å²) in [5.41, 5.74) is 1.38. The predicted molar refractivity (Wildman–Crippen MR) is 124 cm³/mol. The summed E-state index contributed by atoms with van der Waals surface area (Å²) >= 11 is 0. The predicted octanol–water partition coefficient (Wildman–Crippen LogP) is 4.47. The van der Waals surface area contributed by atoms with Crippen LogP contribution in [0, 0.1) is 5.82 Å². The van der Waals surface area contributed by atoms with Crippen LogP contribution in [0.4, 0.5) is 14.9 Å². The van der Waals surface area contributed by atoms with Crippen molar-refractivity contribution >= 4 is 20.8 Å². The molecule has 1 atom stereocenters. The number of carbonyl (C=O) groups excluding carboxylic acids is 1. The molecular weight excluding hydrogens is 459 g/mol. The Morgan fingerprint density at radius 1 is 1.26 bits per heavy atom. The van der Waals surface area contributed by atoms with E-state index in [-0.39, 0.29) is 18.6 Å². The molecule has 0 saturated carbocycles. The van der Waals surface area contributed by atoms with Crippen molar-refractivity contribution in [3.05, 3.63) is 54.1 Å². The Labute approximate surface area is 199 Å². The number of aromatic nitrogens is 3. The van der Waals surface area contributed by atoms with Crippen molar-refractivity contribution in [2.75, 3.05) is 18.1 Å². The molecule has 0 bridgehead atoms. The van der Waals surface area contributed by atoms with E-state index in [1.807, 2.05) is 19.3 Å². The van der Waals surface area contributed by atoms with Gasteiger partial charge in [0.25, 0.3) is 5.88 Å².